The monoisotopic (exact) mass is 341 g/mol. The zero-order valence-corrected chi connectivity index (χ0v) is 15.4. The number of ether oxygens (including phenoxy) is 1. The van der Waals surface area contributed by atoms with Crippen molar-refractivity contribution in [1.29, 1.82) is 0 Å². The molecule has 2 rings (SSSR count). The summed E-state index contributed by atoms with van der Waals surface area (Å²) in [5.41, 5.74) is -1.57. The first kappa shape index (κ1) is 18.2. The van der Waals surface area contributed by atoms with Crippen molar-refractivity contribution < 1.29 is 13.9 Å². The Kier molecular flexibility index (Phi) is 4.55. The van der Waals surface area contributed by atoms with E-state index in [2.05, 4.69) is 0 Å². The van der Waals surface area contributed by atoms with Crippen molar-refractivity contribution in [2.45, 2.75) is 58.2 Å². The molecule has 1 aromatic carbocycles. The van der Waals surface area contributed by atoms with Gasteiger partial charge in [-0.15, -0.1) is 0 Å². The maximum Gasteiger partial charge on any atom is 0.232 e. The summed E-state index contributed by atoms with van der Waals surface area (Å²) in [5, 5.41) is 0.0333. The third kappa shape index (κ3) is 3.69. The fraction of sp³-hybridized carbons (Fsp3) is 0.611. The van der Waals surface area contributed by atoms with Gasteiger partial charge in [0.2, 0.25) is 5.91 Å². The molecule has 0 bridgehead atoms. The van der Waals surface area contributed by atoms with E-state index in [1.54, 1.807) is 30.9 Å². The Balaban J connectivity index is 2.36. The van der Waals surface area contributed by atoms with Crippen LogP contribution in [-0.4, -0.2) is 35.1 Å². The second-order valence-corrected chi connectivity index (χ2v) is 8.42. The highest BCUT2D eigenvalue weighted by Crippen LogP contribution is 2.35. The molecule has 0 unspecified atom stereocenters. The number of rotatable bonds is 2. The molecular formula is C18H25ClFNO2. The van der Waals surface area contributed by atoms with Crippen molar-refractivity contribution in [2.24, 2.45) is 0 Å². The highest BCUT2D eigenvalue weighted by molar-refractivity contribution is 6.30. The summed E-state index contributed by atoms with van der Waals surface area (Å²) in [6, 6.07) is 4.78. The molecule has 1 amide bonds. The van der Waals surface area contributed by atoms with E-state index in [-0.39, 0.29) is 10.9 Å². The van der Waals surface area contributed by atoms with Crippen LogP contribution in [0.2, 0.25) is 5.02 Å². The van der Waals surface area contributed by atoms with Gasteiger partial charge in [-0.3, -0.25) is 4.79 Å². The molecule has 0 aromatic heterocycles. The van der Waals surface area contributed by atoms with Crippen LogP contribution in [-0.2, 0) is 14.9 Å². The van der Waals surface area contributed by atoms with Crippen LogP contribution in [0.4, 0.5) is 4.39 Å². The molecule has 23 heavy (non-hydrogen) atoms. The van der Waals surface area contributed by atoms with Crippen LogP contribution < -0.4 is 0 Å². The molecule has 1 fully saturated rings. The predicted octanol–water partition coefficient (Wildman–Crippen LogP) is 4.17. The average molecular weight is 342 g/mol. The van der Waals surface area contributed by atoms with Crippen LogP contribution in [0.15, 0.2) is 18.2 Å². The Morgan fingerprint density at radius 1 is 1.22 bits per heavy atom. The lowest BCUT2D eigenvalue weighted by Gasteiger charge is -2.48. The molecule has 0 N–H and O–H groups in total. The minimum Gasteiger partial charge on any atom is -0.366 e. The van der Waals surface area contributed by atoms with E-state index >= 15 is 0 Å². The van der Waals surface area contributed by atoms with Gasteiger partial charge < -0.3 is 9.64 Å². The molecule has 0 aliphatic carbocycles. The Morgan fingerprint density at radius 3 is 2.26 bits per heavy atom. The lowest BCUT2D eigenvalue weighted by Crippen LogP contribution is -2.61. The molecule has 0 atom stereocenters. The molecule has 1 aliphatic rings. The van der Waals surface area contributed by atoms with Crippen molar-refractivity contribution >= 4 is 17.5 Å². The fourth-order valence-electron chi connectivity index (χ4n) is 3.43. The first-order chi connectivity index (χ1) is 10.4. The number of nitrogens with zero attached hydrogens (tertiary/aromatic N) is 1. The molecule has 0 radical (unpaired) electrons. The second kappa shape index (κ2) is 5.75. The topological polar surface area (TPSA) is 29.5 Å². The fourth-order valence-corrected chi connectivity index (χ4v) is 3.60. The van der Waals surface area contributed by atoms with E-state index in [1.165, 1.54) is 6.07 Å². The molecule has 1 heterocycles. The van der Waals surface area contributed by atoms with Crippen LogP contribution in [0, 0.1) is 5.82 Å². The van der Waals surface area contributed by atoms with Gasteiger partial charge in [0, 0.05) is 18.7 Å². The van der Waals surface area contributed by atoms with Crippen molar-refractivity contribution in [2.75, 3.05) is 13.1 Å². The van der Waals surface area contributed by atoms with Gasteiger partial charge >= 0.3 is 0 Å². The zero-order chi connectivity index (χ0) is 17.6. The van der Waals surface area contributed by atoms with Crippen LogP contribution in [0.1, 0.15) is 47.1 Å². The average Bonchev–Trinajstić information content (AvgIpc) is 2.37. The first-order valence-corrected chi connectivity index (χ1v) is 8.18. The maximum absolute atomic E-state index is 14.4. The predicted molar refractivity (Wildman–Crippen MR) is 90.3 cm³/mol. The Labute approximate surface area is 142 Å². The molecule has 1 saturated heterocycles. The standard InChI is InChI=1S/C18H25ClFNO2/c1-16(2)10-21(11-17(3,4)23-16)15(22)18(5,6)12-8-7-9-13(19)14(12)20/h7-9H,10-11H2,1-6H3. The van der Waals surface area contributed by atoms with Crippen molar-refractivity contribution in [1.82, 2.24) is 4.90 Å². The number of carbonyl (C=O) groups excluding carboxylic acids is 1. The Morgan fingerprint density at radius 2 is 1.74 bits per heavy atom. The summed E-state index contributed by atoms with van der Waals surface area (Å²) in [7, 11) is 0. The summed E-state index contributed by atoms with van der Waals surface area (Å²) in [5.74, 6) is -0.651. The summed E-state index contributed by atoms with van der Waals surface area (Å²) in [6.07, 6.45) is 0. The lowest BCUT2D eigenvalue weighted by molar-refractivity contribution is -0.190. The van der Waals surface area contributed by atoms with Gasteiger partial charge in [0.15, 0.2) is 0 Å². The maximum atomic E-state index is 14.4. The highest BCUT2D eigenvalue weighted by atomic mass is 35.5. The van der Waals surface area contributed by atoms with Crippen molar-refractivity contribution in [3.63, 3.8) is 0 Å². The van der Waals surface area contributed by atoms with Gasteiger partial charge in [-0.1, -0.05) is 23.7 Å². The number of hydrogen-bond acceptors (Lipinski definition) is 2. The van der Waals surface area contributed by atoms with Crippen LogP contribution in [0.3, 0.4) is 0 Å². The number of carbonyl (C=O) groups is 1. The lowest BCUT2D eigenvalue weighted by atomic mass is 9.81. The first-order valence-electron chi connectivity index (χ1n) is 7.80. The van der Waals surface area contributed by atoms with Gasteiger partial charge in [-0.05, 0) is 47.6 Å². The van der Waals surface area contributed by atoms with E-state index in [9.17, 15) is 9.18 Å². The number of morpholine rings is 1. The van der Waals surface area contributed by atoms with Crippen molar-refractivity contribution in [3.05, 3.63) is 34.6 Å². The molecule has 128 valence electrons. The van der Waals surface area contributed by atoms with Gasteiger partial charge in [0.1, 0.15) is 5.82 Å². The largest absolute Gasteiger partial charge is 0.366 e. The second-order valence-electron chi connectivity index (χ2n) is 8.01. The third-order valence-electron chi connectivity index (χ3n) is 4.14. The summed E-state index contributed by atoms with van der Waals surface area (Å²) < 4.78 is 20.4. The van der Waals surface area contributed by atoms with E-state index in [1.807, 2.05) is 27.7 Å². The smallest absolute Gasteiger partial charge is 0.232 e. The minimum atomic E-state index is -1.00. The Hall–Kier alpha value is -1.13. The SMILES string of the molecule is CC1(C)CN(C(=O)C(C)(C)c2cccc(Cl)c2F)CC(C)(C)O1. The summed E-state index contributed by atoms with van der Waals surface area (Å²) in [4.78, 5) is 14.9. The molecule has 0 saturated carbocycles. The van der Waals surface area contributed by atoms with E-state index in [0.717, 1.165) is 0 Å². The molecule has 1 aliphatic heterocycles. The van der Waals surface area contributed by atoms with E-state index in [4.69, 9.17) is 16.3 Å². The van der Waals surface area contributed by atoms with E-state index in [0.29, 0.717) is 18.7 Å². The van der Waals surface area contributed by atoms with Crippen LogP contribution in [0.25, 0.3) is 0 Å². The minimum absolute atomic E-state index is 0.0333. The Bertz CT molecular complexity index is 609. The molecular weight excluding hydrogens is 317 g/mol. The van der Waals surface area contributed by atoms with Gasteiger partial charge in [-0.25, -0.2) is 4.39 Å². The van der Waals surface area contributed by atoms with Gasteiger partial charge in [0.25, 0.3) is 0 Å². The zero-order valence-electron chi connectivity index (χ0n) is 14.7. The molecule has 1 aromatic rings. The summed E-state index contributed by atoms with van der Waals surface area (Å²) in [6.45, 7) is 12.3. The molecule has 5 heteroatoms. The highest BCUT2D eigenvalue weighted by Gasteiger charge is 2.44. The van der Waals surface area contributed by atoms with Crippen LogP contribution in [0.5, 0.6) is 0 Å². The van der Waals surface area contributed by atoms with Gasteiger partial charge in [-0.2, -0.15) is 0 Å². The quantitative estimate of drug-likeness (QED) is 0.807. The summed E-state index contributed by atoms with van der Waals surface area (Å²) >= 11 is 5.88. The van der Waals surface area contributed by atoms with Gasteiger partial charge in [0.05, 0.1) is 21.6 Å². The number of benzene rings is 1. The number of amides is 1. The molecule has 3 nitrogen and oxygen atoms in total. The normalized spacial score (nSPS) is 20.4. The number of halogens is 2. The van der Waals surface area contributed by atoms with Crippen LogP contribution >= 0.6 is 11.6 Å². The third-order valence-corrected chi connectivity index (χ3v) is 4.43. The number of hydrogen-bond donors (Lipinski definition) is 0. The van der Waals surface area contributed by atoms with Crippen molar-refractivity contribution in [3.8, 4) is 0 Å². The van der Waals surface area contributed by atoms with E-state index < -0.39 is 22.4 Å². The molecule has 0 spiro atoms.